The first-order valence-corrected chi connectivity index (χ1v) is 21.7. The zero-order chi connectivity index (χ0) is 46.1. The molecule has 0 saturated heterocycles. The number of aliphatic hydroxyl groups is 1. The fourth-order valence-electron chi connectivity index (χ4n) is 8.18. The van der Waals surface area contributed by atoms with Crippen molar-refractivity contribution >= 4 is 40.4 Å². The summed E-state index contributed by atoms with van der Waals surface area (Å²) in [5.41, 5.74) is 2.61. The lowest BCUT2D eigenvalue weighted by atomic mass is 9.84. The van der Waals surface area contributed by atoms with Crippen LogP contribution >= 0.6 is 0 Å². The molecule has 3 aliphatic rings. The largest absolute Gasteiger partial charge is 0.497 e. The van der Waals surface area contributed by atoms with Crippen LogP contribution < -0.4 is 36.9 Å². The molecule has 2 aromatic heterocycles. The highest BCUT2D eigenvalue weighted by Gasteiger charge is 2.41. The number of fused-ring (bicyclic) bond motifs is 5. The van der Waals surface area contributed by atoms with Crippen molar-refractivity contribution in [2.75, 3.05) is 33.4 Å². The van der Waals surface area contributed by atoms with Gasteiger partial charge in [0.25, 0.3) is 5.56 Å². The van der Waals surface area contributed by atoms with Crippen LogP contribution in [-0.4, -0.2) is 89.7 Å². The molecule has 0 radical (unpaired) electrons. The van der Waals surface area contributed by atoms with Crippen LogP contribution in [0.15, 0.2) is 71.7 Å². The Kier molecular flexibility index (Phi) is 14.6. The number of carbonyl (C=O) groups excluding carboxylic acids is 5. The first-order valence-electron chi connectivity index (χ1n) is 21.7. The lowest BCUT2D eigenvalue weighted by Crippen LogP contribution is -2.52. The minimum atomic E-state index is -1.56. The molecule has 1 aliphatic carbocycles. The highest BCUT2D eigenvalue weighted by Crippen LogP contribution is 2.43. The summed E-state index contributed by atoms with van der Waals surface area (Å²) in [6, 6.07) is 15.0. The molecule has 3 atom stereocenters. The van der Waals surface area contributed by atoms with Crippen molar-refractivity contribution in [2.45, 2.75) is 89.3 Å². The fraction of sp³-hybridized carbons (Fsp3) is 0.396. The van der Waals surface area contributed by atoms with Crippen LogP contribution in [0.25, 0.3) is 22.3 Å². The highest BCUT2D eigenvalue weighted by atomic mass is 16.5. The van der Waals surface area contributed by atoms with E-state index >= 15 is 0 Å². The third-order valence-electron chi connectivity index (χ3n) is 11.8. The number of rotatable bonds is 17. The second-order valence-corrected chi connectivity index (χ2v) is 16.1. The Morgan fingerprint density at radius 3 is 2.49 bits per heavy atom. The number of carbonyl (C=O) groups is 5. The van der Waals surface area contributed by atoms with Crippen molar-refractivity contribution < 1.29 is 43.3 Å². The van der Waals surface area contributed by atoms with Crippen molar-refractivity contribution in [2.24, 2.45) is 0 Å². The maximum atomic E-state index is 14.0. The molecule has 2 aliphatic heterocycles. The van der Waals surface area contributed by atoms with Gasteiger partial charge in [0.2, 0.25) is 29.5 Å². The summed E-state index contributed by atoms with van der Waals surface area (Å²) in [6.07, 6.45) is 4.59. The van der Waals surface area contributed by atoms with Crippen molar-refractivity contribution in [3.63, 3.8) is 0 Å². The predicted octanol–water partition coefficient (Wildman–Crippen LogP) is 2.12. The van der Waals surface area contributed by atoms with Crippen molar-refractivity contribution in [1.82, 2.24) is 36.1 Å². The first kappa shape index (κ1) is 46.0. The lowest BCUT2D eigenvalue weighted by Gasteiger charge is -2.35. The van der Waals surface area contributed by atoms with Crippen LogP contribution in [0, 0.1) is 11.8 Å². The van der Waals surface area contributed by atoms with Gasteiger partial charge in [0.1, 0.15) is 42.5 Å². The van der Waals surface area contributed by atoms with E-state index in [2.05, 4.69) is 45.0 Å². The van der Waals surface area contributed by atoms with Crippen LogP contribution in [0.1, 0.15) is 73.3 Å². The fourth-order valence-corrected chi connectivity index (χ4v) is 8.18. The molecule has 1 unspecified atom stereocenters. The minimum Gasteiger partial charge on any atom is -0.497 e. The van der Waals surface area contributed by atoms with Gasteiger partial charge in [-0.05, 0) is 61.1 Å². The minimum absolute atomic E-state index is 0.00292. The maximum Gasteiger partial charge on any atom is 0.258 e. The number of pyridine rings is 2. The van der Waals surface area contributed by atoms with E-state index in [0.717, 1.165) is 37.7 Å². The highest BCUT2D eigenvalue weighted by molar-refractivity contribution is 5.93. The van der Waals surface area contributed by atoms with Gasteiger partial charge in [-0.25, -0.2) is 4.98 Å². The number of benzene rings is 2. The third-order valence-corrected chi connectivity index (χ3v) is 11.8. The Morgan fingerprint density at radius 2 is 1.71 bits per heavy atom. The summed E-state index contributed by atoms with van der Waals surface area (Å²) in [4.78, 5) is 83.8. The van der Waals surface area contributed by atoms with E-state index in [1.165, 1.54) is 7.11 Å². The lowest BCUT2D eigenvalue weighted by molar-refractivity contribution is -0.131. The Hall–Kier alpha value is -7.03. The molecular formula is C48H53N7O10. The van der Waals surface area contributed by atoms with E-state index in [0.29, 0.717) is 50.3 Å². The zero-order valence-corrected chi connectivity index (χ0v) is 36.5. The summed E-state index contributed by atoms with van der Waals surface area (Å²) in [5, 5.41) is 25.3. The Bertz CT molecular complexity index is 2640. The Balaban J connectivity index is 0.980. The third kappa shape index (κ3) is 10.7. The molecule has 6 N–H and O–H groups in total. The summed E-state index contributed by atoms with van der Waals surface area (Å²) >= 11 is 0. The molecule has 5 amide bonds. The van der Waals surface area contributed by atoms with Crippen molar-refractivity contribution in [3.05, 3.63) is 105 Å². The molecule has 65 heavy (non-hydrogen) atoms. The average molecular weight is 888 g/mol. The van der Waals surface area contributed by atoms with E-state index in [-0.39, 0.29) is 63.1 Å². The monoisotopic (exact) mass is 887 g/mol. The van der Waals surface area contributed by atoms with Gasteiger partial charge >= 0.3 is 0 Å². The second-order valence-electron chi connectivity index (χ2n) is 16.1. The number of nitrogens with zero attached hydrogens (tertiary/aromatic N) is 2. The first-order chi connectivity index (χ1) is 31.4. The van der Waals surface area contributed by atoms with E-state index < -0.39 is 54.3 Å². The van der Waals surface area contributed by atoms with Gasteiger partial charge in [-0.2, -0.15) is 0 Å². The SMILES string of the molecule is C=C1OCc2c(cc3n(c2=O)Cc2c-3nc3ccc(OC)cc3c2CNC(=O)CNC(=O)[C@H](Cc2ccccc2)NC(=O)CNC(=O)CNC(=O)COC2C#CCCCCC2)[C@@]1(O)CC. The van der Waals surface area contributed by atoms with E-state index in [1.807, 2.05) is 6.07 Å². The molecule has 4 aromatic rings. The van der Waals surface area contributed by atoms with Gasteiger partial charge in [-0.3, -0.25) is 28.8 Å². The molecule has 2 aromatic carbocycles. The standard InChI is InChI=1S/C48H53N7O10/c1-4-48(62)29(2)64-27-36-37(48)21-40-45-35(26-55(40)47(36)61)34(33-20-32(63-3)17-18-38(33)54-45)22-49-42(57)24-52-46(60)39(19-30-13-9-8-10-14-30)53-43(58)25-50-41(56)23-51-44(59)28-65-31-15-11-6-5-7-12-16-31/h8-10,13-14,17-18,20-21,31,39,62H,2,4-7,11,15,19,22-28H2,1,3H3,(H,49,57)(H,50,56)(H,51,59)(H,52,60)(H,53,58)/t31?,39-,48+/m0/s1. The number of methoxy groups -OCH3 is 1. The van der Waals surface area contributed by atoms with Crippen molar-refractivity contribution in [1.29, 1.82) is 0 Å². The van der Waals surface area contributed by atoms with Gasteiger partial charge in [-0.1, -0.05) is 56.2 Å². The Labute approximate surface area is 375 Å². The van der Waals surface area contributed by atoms with Crippen LogP contribution in [0.3, 0.4) is 0 Å². The smallest absolute Gasteiger partial charge is 0.258 e. The molecule has 0 fully saturated rings. The Morgan fingerprint density at radius 1 is 0.954 bits per heavy atom. The predicted molar refractivity (Wildman–Crippen MR) is 239 cm³/mol. The maximum absolute atomic E-state index is 14.0. The van der Waals surface area contributed by atoms with Gasteiger partial charge in [0.15, 0.2) is 0 Å². The van der Waals surface area contributed by atoms with Gasteiger partial charge in [0, 0.05) is 35.9 Å². The summed E-state index contributed by atoms with van der Waals surface area (Å²) in [6.45, 7) is 4.24. The second kappa shape index (κ2) is 20.6. The molecule has 0 saturated carbocycles. The number of nitrogens with one attached hydrogen (secondary N) is 5. The van der Waals surface area contributed by atoms with Gasteiger partial charge in [-0.15, -0.1) is 5.92 Å². The van der Waals surface area contributed by atoms with Crippen molar-refractivity contribution in [3.8, 4) is 29.0 Å². The molecule has 7 rings (SSSR count). The average Bonchev–Trinajstić information content (AvgIpc) is 3.67. The number of hydrogen-bond donors (Lipinski definition) is 6. The van der Waals surface area contributed by atoms with E-state index in [1.54, 1.807) is 60.0 Å². The van der Waals surface area contributed by atoms with E-state index in [9.17, 15) is 33.9 Å². The number of amides is 5. The molecule has 17 nitrogen and oxygen atoms in total. The quantitative estimate of drug-likeness (QED) is 0.0742. The van der Waals surface area contributed by atoms with Crippen LogP contribution in [0.5, 0.6) is 5.75 Å². The summed E-state index contributed by atoms with van der Waals surface area (Å²) in [5.74, 6) is 3.84. The van der Waals surface area contributed by atoms with Crippen LogP contribution in [0.2, 0.25) is 0 Å². The normalized spacial score (nSPS) is 17.6. The molecule has 0 spiro atoms. The summed E-state index contributed by atoms with van der Waals surface area (Å²) < 4.78 is 18.3. The van der Waals surface area contributed by atoms with Crippen LogP contribution in [0.4, 0.5) is 0 Å². The topological polar surface area (TPSA) is 228 Å². The van der Waals surface area contributed by atoms with Gasteiger partial charge < -0.3 is 50.5 Å². The molecule has 4 heterocycles. The number of aromatic nitrogens is 2. The number of hydrogen-bond acceptors (Lipinski definition) is 11. The molecular weight excluding hydrogens is 835 g/mol. The molecule has 340 valence electrons. The zero-order valence-electron chi connectivity index (χ0n) is 36.5. The van der Waals surface area contributed by atoms with Crippen LogP contribution in [-0.2, 0) is 65.2 Å². The number of ether oxygens (including phenoxy) is 3. The summed E-state index contributed by atoms with van der Waals surface area (Å²) in [7, 11) is 1.54. The van der Waals surface area contributed by atoms with E-state index in [4.69, 9.17) is 19.2 Å². The van der Waals surface area contributed by atoms with Gasteiger partial charge in [0.05, 0.1) is 55.8 Å². The molecule has 0 bridgehead atoms. The molecule has 17 heteroatoms.